The van der Waals surface area contributed by atoms with Crippen LogP contribution in [0.3, 0.4) is 0 Å². The largest absolute Gasteiger partial charge is 0.448 e. The minimum absolute atomic E-state index is 0.0308. The second kappa shape index (κ2) is 7.18. The first kappa shape index (κ1) is 17.5. The molecule has 0 saturated carbocycles. The van der Waals surface area contributed by atoms with Gasteiger partial charge in [0.2, 0.25) is 5.82 Å². The summed E-state index contributed by atoms with van der Waals surface area (Å²) in [6.07, 6.45) is -1.12. The number of thiophene rings is 1. The highest BCUT2D eigenvalue weighted by Gasteiger charge is 2.22. The first-order valence-electron chi connectivity index (χ1n) is 6.79. The Hall–Kier alpha value is -2.81. The van der Waals surface area contributed by atoms with Crippen LogP contribution in [0, 0.1) is 22.9 Å². The number of hydrogen-bond acceptors (Lipinski definition) is 6. The van der Waals surface area contributed by atoms with E-state index in [1.807, 2.05) is 0 Å². The standard InChI is InChI=1S/C15H13FN2O5S/c1-8-5-6-24-13(8)15(20)23-9(2)14(19)17-10-3-4-11(16)12(7-10)18(21)22/h3-7,9H,1-2H3,(H,17,19)/t9-/m1/s1. The summed E-state index contributed by atoms with van der Waals surface area (Å²) < 4.78 is 18.3. The number of rotatable bonds is 5. The first-order chi connectivity index (χ1) is 11.3. The summed E-state index contributed by atoms with van der Waals surface area (Å²) in [4.78, 5) is 34.2. The number of halogens is 1. The van der Waals surface area contributed by atoms with Crippen LogP contribution in [0.25, 0.3) is 0 Å². The zero-order chi connectivity index (χ0) is 17.9. The number of aryl methyl sites for hydroxylation is 1. The molecule has 1 N–H and O–H groups in total. The van der Waals surface area contributed by atoms with Gasteiger partial charge >= 0.3 is 11.7 Å². The molecule has 0 unspecified atom stereocenters. The second-order valence-electron chi connectivity index (χ2n) is 4.89. The van der Waals surface area contributed by atoms with Crippen molar-refractivity contribution in [2.45, 2.75) is 20.0 Å². The maximum atomic E-state index is 13.3. The van der Waals surface area contributed by atoms with Crippen LogP contribution < -0.4 is 5.32 Å². The first-order valence-corrected chi connectivity index (χ1v) is 7.67. The van der Waals surface area contributed by atoms with E-state index < -0.39 is 34.4 Å². The molecule has 0 aliphatic carbocycles. The minimum atomic E-state index is -1.12. The van der Waals surface area contributed by atoms with Crippen LogP contribution in [0.5, 0.6) is 0 Å². The Morgan fingerprint density at radius 1 is 1.38 bits per heavy atom. The van der Waals surface area contributed by atoms with Gasteiger partial charge in [0, 0.05) is 11.8 Å². The topological polar surface area (TPSA) is 98.5 Å². The van der Waals surface area contributed by atoms with Crippen LogP contribution in [0.15, 0.2) is 29.6 Å². The van der Waals surface area contributed by atoms with Gasteiger partial charge in [0.15, 0.2) is 6.10 Å². The number of nitro benzene ring substituents is 1. The van der Waals surface area contributed by atoms with E-state index in [1.54, 1.807) is 18.4 Å². The average molecular weight is 352 g/mol. The number of anilines is 1. The lowest BCUT2D eigenvalue weighted by Crippen LogP contribution is -2.30. The quantitative estimate of drug-likeness (QED) is 0.506. The molecule has 0 aliphatic heterocycles. The van der Waals surface area contributed by atoms with Gasteiger partial charge in [0.25, 0.3) is 5.91 Å². The summed E-state index contributed by atoms with van der Waals surface area (Å²) in [5.74, 6) is -2.32. The maximum Gasteiger partial charge on any atom is 0.349 e. The van der Waals surface area contributed by atoms with E-state index in [4.69, 9.17) is 4.74 Å². The van der Waals surface area contributed by atoms with Crippen molar-refractivity contribution in [3.05, 3.63) is 56.0 Å². The predicted octanol–water partition coefficient (Wildman–Crippen LogP) is 3.29. The lowest BCUT2D eigenvalue weighted by atomic mass is 10.2. The Kier molecular flexibility index (Phi) is 5.24. The lowest BCUT2D eigenvalue weighted by molar-refractivity contribution is -0.387. The van der Waals surface area contributed by atoms with Crippen molar-refractivity contribution < 1.29 is 23.6 Å². The zero-order valence-corrected chi connectivity index (χ0v) is 13.6. The third-order valence-corrected chi connectivity index (χ3v) is 4.11. The monoisotopic (exact) mass is 352 g/mol. The molecular formula is C15H13FN2O5S. The van der Waals surface area contributed by atoms with Gasteiger partial charge in [-0.05, 0) is 43.0 Å². The van der Waals surface area contributed by atoms with Gasteiger partial charge in [-0.1, -0.05) is 0 Å². The fraction of sp³-hybridized carbons (Fsp3) is 0.200. The SMILES string of the molecule is Cc1ccsc1C(=O)O[C@H](C)C(=O)Nc1ccc(F)c([N+](=O)[O-])c1. The van der Waals surface area contributed by atoms with Gasteiger partial charge in [-0.3, -0.25) is 14.9 Å². The molecule has 0 radical (unpaired) electrons. The summed E-state index contributed by atoms with van der Waals surface area (Å²) >= 11 is 1.20. The third kappa shape index (κ3) is 3.93. The molecule has 0 aliphatic rings. The van der Waals surface area contributed by atoms with Gasteiger partial charge in [0.1, 0.15) is 4.88 Å². The van der Waals surface area contributed by atoms with Crippen molar-refractivity contribution in [2.75, 3.05) is 5.32 Å². The van der Waals surface area contributed by atoms with Crippen LogP contribution in [0.2, 0.25) is 0 Å². The zero-order valence-electron chi connectivity index (χ0n) is 12.7. The lowest BCUT2D eigenvalue weighted by Gasteiger charge is -2.13. The number of carbonyl (C=O) groups is 2. The van der Waals surface area contributed by atoms with Crippen LogP contribution in [-0.4, -0.2) is 22.9 Å². The van der Waals surface area contributed by atoms with E-state index in [-0.39, 0.29) is 5.69 Å². The number of nitrogens with one attached hydrogen (secondary N) is 1. The Bertz CT molecular complexity index is 805. The Balaban J connectivity index is 2.04. The Morgan fingerprint density at radius 2 is 2.08 bits per heavy atom. The number of benzene rings is 1. The highest BCUT2D eigenvalue weighted by atomic mass is 32.1. The van der Waals surface area contributed by atoms with Gasteiger partial charge in [-0.25, -0.2) is 4.79 Å². The van der Waals surface area contributed by atoms with E-state index in [0.717, 1.165) is 17.7 Å². The maximum absolute atomic E-state index is 13.3. The minimum Gasteiger partial charge on any atom is -0.448 e. The van der Waals surface area contributed by atoms with Crippen LogP contribution in [0.4, 0.5) is 15.8 Å². The van der Waals surface area contributed by atoms with Gasteiger partial charge in [-0.2, -0.15) is 4.39 Å². The molecule has 1 amide bonds. The van der Waals surface area contributed by atoms with E-state index in [1.165, 1.54) is 24.3 Å². The van der Waals surface area contributed by atoms with Crippen molar-refractivity contribution in [3.8, 4) is 0 Å². The summed E-state index contributed by atoms with van der Waals surface area (Å²) in [6, 6.07) is 4.70. The average Bonchev–Trinajstić information content (AvgIpc) is 2.95. The molecule has 0 bridgehead atoms. The van der Waals surface area contributed by atoms with Crippen molar-refractivity contribution in [3.63, 3.8) is 0 Å². The molecule has 9 heteroatoms. The number of nitrogens with zero attached hydrogens (tertiary/aromatic N) is 1. The molecule has 24 heavy (non-hydrogen) atoms. The summed E-state index contributed by atoms with van der Waals surface area (Å²) in [7, 11) is 0. The van der Waals surface area contributed by atoms with Crippen molar-refractivity contribution >= 4 is 34.6 Å². The molecule has 1 aromatic carbocycles. The Labute approximate surface area is 140 Å². The van der Waals surface area contributed by atoms with Gasteiger partial charge in [-0.15, -0.1) is 11.3 Å². The molecule has 2 aromatic rings. The molecule has 0 spiro atoms. The molecule has 0 saturated heterocycles. The molecule has 126 valence electrons. The van der Waals surface area contributed by atoms with E-state index in [0.29, 0.717) is 4.88 Å². The number of nitro groups is 1. The van der Waals surface area contributed by atoms with Crippen LogP contribution in [-0.2, 0) is 9.53 Å². The van der Waals surface area contributed by atoms with Crippen molar-refractivity contribution in [2.24, 2.45) is 0 Å². The number of amides is 1. The van der Waals surface area contributed by atoms with Crippen LogP contribution >= 0.6 is 11.3 Å². The number of ether oxygens (including phenoxy) is 1. The van der Waals surface area contributed by atoms with Crippen molar-refractivity contribution in [1.29, 1.82) is 0 Å². The number of carbonyl (C=O) groups excluding carboxylic acids is 2. The van der Waals surface area contributed by atoms with Crippen LogP contribution in [0.1, 0.15) is 22.2 Å². The number of hydrogen-bond donors (Lipinski definition) is 1. The van der Waals surface area contributed by atoms with Gasteiger partial charge in [0.05, 0.1) is 4.92 Å². The molecule has 0 fully saturated rings. The molecule has 7 nitrogen and oxygen atoms in total. The molecule has 2 rings (SSSR count). The highest BCUT2D eigenvalue weighted by Crippen LogP contribution is 2.22. The van der Waals surface area contributed by atoms with E-state index >= 15 is 0 Å². The smallest absolute Gasteiger partial charge is 0.349 e. The molecule has 1 heterocycles. The normalized spacial score (nSPS) is 11.6. The second-order valence-corrected chi connectivity index (χ2v) is 5.81. The summed E-state index contributed by atoms with van der Waals surface area (Å²) in [5, 5.41) is 14.8. The fourth-order valence-electron chi connectivity index (χ4n) is 1.82. The van der Waals surface area contributed by atoms with Crippen molar-refractivity contribution in [1.82, 2.24) is 0 Å². The predicted molar refractivity (Wildman–Crippen MR) is 85.6 cm³/mol. The summed E-state index contributed by atoms with van der Waals surface area (Å²) in [6.45, 7) is 3.11. The molecular weight excluding hydrogens is 339 g/mol. The summed E-state index contributed by atoms with van der Waals surface area (Å²) in [5.41, 5.74) is 0.0155. The molecule has 1 atom stereocenters. The highest BCUT2D eigenvalue weighted by molar-refractivity contribution is 7.12. The fourth-order valence-corrected chi connectivity index (χ4v) is 2.63. The van der Waals surface area contributed by atoms with Gasteiger partial charge < -0.3 is 10.1 Å². The van der Waals surface area contributed by atoms with E-state index in [2.05, 4.69) is 5.32 Å². The third-order valence-electron chi connectivity index (χ3n) is 3.11. The van der Waals surface area contributed by atoms with E-state index in [9.17, 15) is 24.1 Å². The Morgan fingerprint density at radius 3 is 2.67 bits per heavy atom. The molecule has 1 aromatic heterocycles. The number of esters is 1.